The third-order valence-electron chi connectivity index (χ3n) is 5.16. The van der Waals surface area contributed by atoms with Crippen LogP contribution in [0.15, 0.2) is 77.7 Å². The standard InChI is InChI=1S/C23H24N2O3S/c1-24-22-12-11-18(16-25-14-13-19-7-5-6-8-20(19)17-25)15-23(22)28-29(26,27)21-9-3-2-4-10-21/h2-12,15,24H,13-14,16-17H2,1H3. The zero-order chi connectivity index (χ0) is 20.3. The van der Waals surface area contributed by atoms with E-state index in [0.29, 0.717) is 11.4 Å². The molecule has 1 heterocycles. The van der Waals surface area contributed by atoms with Gasteiger partial charge in [0.15, 0.2) is 5.75 Å². The van der Waals surface area contributed by atoms with Gasteiger partial charge in [-0.15, -0.1) is 0 Å². The topological polar surface area (TPSA) is 58.6 Å². The van der Waals surface area contributed by atoms with E-state index >= 15 is 0 Å². The quantitative estimate of drug-likeness (QED) is 0.624. The van der Waals surface area contributed by atoms with Crippen molar-refractivity contribution < 1.29 is 12.6 Å². The molecule has 0 saturated heterocycles. The van der Waals surface area contributed by atoms with E-state index in [2.05, 4.69) is 34.5 Å². The molecule has 0 aromatic heterocycles. The van der Waals surface area contributed by atoms with Crippen molar-refractivity contribution in [2.75, 3.05) is 18.9 Å². The molecule has 0 saturated carbocycles. The van der Waals surface area contributed by atoms with Gasteiger partial charge in [-0.3, -0.25) is 4.90 Å². The molecule has 150 valence electrons. The highest BCUT2D eigenvalue weighted by Crippen LogP contribution is 2.30. The average molecular weight is 409 g/mol. The van der Waals surface area contributed by atoms with E-state index in [4.69, 9.17) is 4.18 Å². The summed E-state index contributed by atoms with van der Waals surface area (Å²) in [6.07, 6.45) is 1.02. The van der Waals surface area contributed by atoms with Gasteiger partial charge in [0.25, 0.3) is 0 Å². The fourth-order valence-electron chi connectivity index (χ4n) is 3.64. The largest absolute Gasteiger partial charge is 0.385 e. The lowest BCUT2D eigenvalue weighted by atomic mass is 9.99. The molecule has 0 bridgehead atoms. The second-order valence-electron chi connectivity index (χ2n) is 7.16. The van der Waals surface area contributed by atoms with Crippen LogP contribution in [0.2, 0.25) is 0 Å². The second-order valence-corrected chi connectivity index (χ2v) is 8.71. The zero-order valence-corrected chi connectivity index (χ0v) is 17.2. The van der Waals surface area contributed by atoms with Crippen LogP contribution in [-0.4, -0.2) is 26.9 Å². The maximum absolute atomic E-state index is 12.6. The number of nitrogens with zero attached hydrogens (tertiary/aromatic N) is 1. The number of nitrogens with one attached hydrogen (secondary N) is 1. The monoisotopic (exact) mass is 408 g/mol. The van der Waals surface area contributed by atoms with Gasteiger partial charge in [0.2, 0.25) is 0 Å². The van der Waals surface area contributed by atoms with Gasteiger partial charge in [-0.1, -0.05) is 48.5 Å². The molecule has 0 fully saturated rings. The lowest BCUT2D eigenvalue weighted by Crippen LogP contribution is -2.30. The van der Waals surface area contributed by atoms with Crippen LogP contribution in [0.5, 0.6) is 5.75 Å². The van der Waals surface area contributed by atoms with Crippen molar-refractivity contribution in [2.45, 2.75) is 24.4 Å². The molecule has 0 spiro atoms. The Kier molecular flexibility index (Phi) is 5.56. The third kappa shape index (κ3) is 4.44. The molecule has 1 aliphatic heterocycles. The van der Waals surface area contributed by atoms with Crippen LogP contribution in [0, 0.1) is 0 Å². The lowest BCUT2D eigenvalue weighted by Gasteiger charge is -2.29. The molecule has 3 aromatic carbocycles. The van der Waals surface area contributed by atoms with E-state index in [1.54, 1.807) is 25.2 Å². The summed E-state index contributed by atoms with van der Waals surface area (Å²) in [6.45, 7) is 2.60. The number of hydrogen-bond acceptors (Lipinski definition) is 5. The Morgan fingerprint density at radius 3 is 2.45 bits per heavy atom. The zero-order valence-electron chi connectivity index (χ0n) is 16.3. The summed E-state index contributed by atoms with van der Waals surface area (Å²) in [6, 6.07) is 22.4. The van der Waals surface area contributed by atoms with Crippen LogP contribution in [0.4, 0.5) is 5.69 Å². The summed E-state index contributed by atoms with van der Waals surface area (Å²) in [5.41, 5.74) is 4.42. The van der Waals surface area contributed by atoms with Gasteiger partial charge in [0, 0.05) is 26.7 Å². The summed E-state index contributed by atoms with van der Waals surface area (Å²) in [7, 11) is -2.14. The van der Waals surface area contributed by atoms with E-state index in [0.717, 1.165) is 31.6 Å². The van der Waals surface area contributed by atoms with Crippen LogP contribution in [0.1, 0.15) is 16.7 Å². The molecule has 4 rings (SSSR count). The Bertz CT molecular complexity index is 1100. The highest BCUT2D eigenvalue weighted by molar-refractivity contribution is 7.87. The molecule has 1 N–H and O–H groups in total. The van der Waals surface area contributed by atoms with Crippen molar-refractivity contribution in [3.8, 4) is 5.75 Å². The minimum atomic E-state index is -3.89. The molecule has 0 atom stereocenters. The first-order valence-corrected chi connectivity index (χ1v) is 11.1. The first kappa shape index (κ1) is 19.5. The van der Waals surface area contributed by atoms with Gasteiger partial charge in [-0.05, 0) is 47.4 Å². The SMILES string of the molecule is CNc1ccc(CN2CCc3ccccc3C2)cc1OS(=O)(=O)c1ccccc1. The predicted octanol–water partition coefficient (Wildman–Crippen LogP) is 4.05. The second kappa shape index (κ2) is 8.27. The summed E-state index contributed by atoms with van der Waals surface area (Å²) in [4.78, 5) is 2.51. The third-order valence-corrected chi connectivity index (χ3v) is 6.41. The van der Waals surface area contributed by atoms with Crippen LogP contribution in [0.3, 0.4) is 0 Å². The molecule has 6 heteroatoms. The van der Waals surface area contributed by atoms with E-state index < -0.39 is 10.1 Å². The van der Waals surface area contributed by atoms with Gasteiger partial charge in [-0.25, -0.2) is 0 Å². The fraction of sp³-hybridized carbons (Fsp3) is 0.217. The summed E-state index contributed by atoms with van der Waals surface area (Å²) >= 11 is 0. The molecule has 3 aromatic rings. The van der Waals surface area contributed by atoms with Gasteiger partial charge in [0.1, 0.15) is 4.90 Å². The maximum Gasteiger partial charge on any atom is 0.339 e. The first-order valence-electron chi connectivity index (χ1n) is 9.64. The van der Waals surface area contributed by atoms with Crippen molar-refractivity contribution in [3.05, 3.63) is 89.5 Å². The summed E-state index contributed by atoms with van der Waals surface area (Å²) in [5.74, 6) is 0.311. The van der Waals surface area contributed by atoms with Gasteiger partial charge >= 0.3 is 10.1 Å². The molecule has 0 amide bonds. The molecule has 5 nitrogen and oxygen atoms in total. The number of hydrogen-bond donors (Lipinski definition) is 1. The number of anilines is 1. The fourth-order valence-corrected chi connectivity index (χ4v) is 4.60. The summed E-state index contributed by atoms with van der Waals surface area (Å²) < 4.78 is 30.8. The normalized spacial score (nSPS) is 14.2. The lowest BCUT2D eigenvalue weighted by molar-refractivity contribution is 0.245. The Morgan fingerprint density at radius 1 is 0.966 bits per heavy atom. The molecular formula is C23H24N2O3S. The van der Waals surface area contributed by atoms with Crippen molar-refractivity contribution in [1.82, 2.24) is 4.90 Å². The van der Waals surface area contributed by atoms with Crippen molar-refractivity contribution in [3.63, 3.8) is 0 Å². The van der Waals surface area contributed by atoms with Gasteiger partial charge < -0.3 is 9.50 Å². The van der Waals surface area contributed by atoms with E-state index in [-0.39, 0.29) is 4.90 Å². The van der Waals surface area contributed by atoms with Gasteiger partial charge in [-0.2, -0.15) is 8.42 Å². The van der Waals surface area contributed by atoms with Crippen molar-refractivity contribution in [1.29, 1.82) is 0 Å². The molecule has 0 radical (unpaired) electrons. The molecule has 1 aliphatic rings. The minimum absolute atomic E-state index is 0.139. The predicted molar refractivity (Wildman–Crippen MR) is 115 cm³/mol. The van der Waals surface area contributed by atoms with Crippen LogP contribution >= 0.6 is 0 Å². The maximum atomic E-state index is 12.6. The van der Waals surface area contributed by atoms with Crippen molar-refractivity contribution in [2.24, 2.45) is 0 Å². The number of fused-ring (bicyclic) bond motifs is 1. The van der Waals surface area contributed by atoms with Crippen LogP contribution in [-0.2, 0) is 29.6 Å². The Morgan fingerprint density at radius 2 is 1.69 bits per heavy atom. The van der Waals surface area contributed by atoms with E-state index in [9.17, 15) is 8.42 Å². The Labute approximate surface area is 172 Å². The number of rotatable bonds is 6. The Hall–Kier alpha value is -2.83. The average Bonchev–Trinajstić information content (AvgIpc) is 2.74. The van der Waals surface area contributed by atoms with Crippen LogP contribution in [0.25, 0.3) is 0 Å². The smallest absolute Gasteiger partial charge is 0.339 e. The Balaban J connectivity index is 1.55. The highest BCUT2D eigenvalue weighted by Gasteiger charge is 2.20. The summed E-state index contributed by atoms with van der Waals surface area (Å²) in [5, 5.41) is 3.01. The van der Waals surface area contributed by atoms with Crippen LogP contribution < -0.4 is 9.50 Å². The van der Waals surface area contributed by atoms with E-state index in [1.807, 2.05) is 18.2 Å². The van der Waals surface area contributed by atoms with E-state index in [1.165, 1.54) is 23.3 Å². The highest BCUT2D eigenvalue weighted by atomic mass is 32.2. The van der Waals surface area contributed by atoms with Crippen molar-refractivity contribution >= 4 is 15.8 Å². The van der Waals surface area contributed by atoms with Gasteiger partial charge in [0.05, 0.1) is 5.69 Å². The molecular weight excluding hydrogens is 384 g/mol. The number of benzene rings is 3. The molecule has 29 heavy (non-hydrogen) atoms. The minimum Gasteiger partial charge on any atom is -0.385 e. The molecule has 0 unspecified atom stereocenters. The molecule has 0 aliphatic carbocycles. The first-order chi connectivity index (χ1) is 14.0.